The van der Waals surface area contributed by atoms with E-state index in [1.807, 2.05) is 58.0 Å². The zero-order valence-electron chi connectivity index (χ0n) is 20.6. The highest BCUT2D eigenvalue weighted by atomic mass is 16.5. The lowest BCUT2D eigenvalue weighted by Gasteiger charge is -2.26. The van der Waals surface area contributed by atoms with Crippen molar-refractivity contribution in [3.8, 4) is 11.5 Å². The standard InChI is InChI=1S/C29H29NO5/c1-6-35-24-16-21(11-12-23(24)34-5)26-25(27(31)20-9-7-17(2)8-10-20)28(32)29(33)30(26)22-14-18(3)13-19(4)15-22/h7-16,26,31H,6H2,1-5H3/b27-25-. The Morgan fingerprint density at radius 3 is 2.14 bits per heavy atom. The maximum atomic E-state index is 13.4. The average molecular weight is 472 g/mol. The highest BCUT2D eigenvalue weighted by Gasteiger charge is 2.47. The number of hydrogen-bond donors (Lipinski definition) is 1. The highest BCUT2D eigenvalue weighted by molar-refractivity contribution is 6.51. The molecular weight excluding hydrogens is 442 g/mol. The van der Waals surface area contributed by atoms with Crippen molar-refractivity contribution in [2.24, 2.45) is 0 Å². The molecule has 0 aromatic heterocycles. The van der Waals surface area contributed by atoms with Crippen molar-refractivity contribution < 1.29 is 24.2 Å². The van der Waals surface area contributed by atoms with Crippen molar-refractivity contribution in [2.75, 3.05) is 18.6 Å². The van der Waals surface area contributed by atoms with E-state index in [0.29, 0.717) is 34.9 Å². The molecule has 180 valence electrons. The van der Waals surface area contributed by atoms with E-state index in [4.69, 9.17) is 9.47 Å². The molecule has 1 atom stereocenters. The summed E-state index contributed by atoms with van der Waals surface area (Å²) in [5.41, 5.74) is 4.66. The SMILES string of the molecule is CCOc1cc(C2/C(=C(/O)c3ccc(C)cc3)C(=O)C(=O)N2c2cc(C)cc(C)c2)ccc1OC. The first kappa shape index (κ1) is 24.1. The molecule has 1 saturated heterocycles. The normalized spacial score (nSPS) is 17.1. The van der Waals surface area contributed by atoms with Crippen LogP contribution < -0.4 is 14.4 Å². The van der Waals surface area contributed by atoms with Gasteiger partial charge in [-0.3, -0.25) is 14.5 Å². The van der Waals surface area contributed by atoms with Gasteiger partial charge in [-0.2, -0.15) is 0 Å². The first-order valence-electron chi connectivity index (χ1n) is 11.5. The summed E-state index contributed by atoms with van der Waals surface area (Å²) in [6.45, 7) is 8.10. The molecule has 1 aliphatic heterocycles. The lowest BCUT2D eigenvalue weighted by atomic mass is 9.94. The minimum atomic E-state index is -0.845. The number of Topliss-reactive ketones (excluding diaryl/α,β-unsaturated/α-hetero) is 1. The van der Waals surface area contributed by atoms with Crippen LogP contribution in [0.4, 0.5) is 5.69 Å². The molecule has 1 unspecified atom stereocenters. The van der Waals surface area contributed by atoms with Crippen LogP contribution in [0.2, 0.25) is 0 Å². The molecule has 0 radical (unpaired) electrons. The Morgan fingerprint density at radius 1 is 0.886 bits per heavy atom. The highest BCUT2D eigenvalue weighted by Crippen LogP contribution is 2.44. The number of methoxy groups -OCH3 is 1. The van der Waals surface area contributed by atoms with Crippen LogP contribution in [0.5, 0.6) is 11.5 Å². The van der Waals surface area contributed by atoms with Gasteiger partial charge in [0.2, 0.25) is 0 Å². The van der Waals surface area contributed by atoms with Gasteiger partial charge in [0, 0.05) is 11.3 Å². The minimum Gasteiger partial charge on any atom is -0.507 e. The van der Waals surface area contributed by atoms with Gasteiger partial charge in [-0.25, -0.2) is 0 Å². The molecule has 4 rings (SSSR count). The van der Waals surface area contributed by atoms with E-state index >= 15 is 0 Å². The van der Waals surface area contributed by atoms with E-state index < -0.39 is 17.7 Å². The number of aliphatic hydroxyl groups is 1. The minimum absolute atomic E-state index is 0.0330. The van der Waals surface area contributed by atoms with Gasteiger partial charge in [0.05, 0.1) is 25.3 Å². The number of rotatable bonds is 6. The maximum Gasteiger partial charge on any atom is 0.300 e. The van der Waals surface area contributed by atoms with Crippen molar-refractivity contribution in [3.63, 3.8) is 0 Å². The van der Waals surface area contributed by atoms with Crippen LogP contribution >= 0.6 is 0 Å². The second kappa shape index (κ2) is 9.66. The van der Waals surface area contributed by atoms with Gasteiger partial charge >= 0.3 is 0 Å². The molecule has 3 aromatic rings. The number of carbonyl (C=O) groups excluding carboxylic acids is 2. The van der Waals surface area contributed by atoms with Crippen LogP contribution in [0.1, 0.15) is 40.8 Å². The fourth-order valence-corrected chi connectivity index (χ4v) is 4.50. The van der Waals surface area contributed by atoms with Gasteiger partial charge in [-0.05, 0) is 68.7 Å². The van der Waals surface area contributed by atoms with E-state index in [9.17, 15) is 14.7 Å². The fourth-order valence-electron chi connectivity index (χ4n) is 4.50. The third kappa shape index (κ3) is 4.52. The number of carbonyl (C=O) groups is 2. The van der Waals surface area contributed by atoms with Crippen LogP contribution in [0.3, 0.4) is 0 Å². The van der Waals surface area contributed by atoms with E-state index in [1.165, 1.54) is 4.90 Å². The Bertz CT molecular complexity index is 1300. The summed E-state index contributed by atoms with van der Waals surface area (Å²) in [4.78, 5) is 28.3. The third-order valence-corrected chi connectivity index (χ3v) is 6.06. The van der Waals surface area contributed by atoms with Gasteiger partial charge in [0.1, 0.15) is 5.76 Å². The van der Waals surface area contributed by atoms with Gasteiger partial charge in [-0.1, -0.05) is 42.0 Å². The van der Waals surface area contributed by atoms with E-state index in [-0.39, 0.29) is 11.3 Å². The summed E-state index contributed by atoms with van der Waals surface area (Å²) >= 11 is 0. The summed E-state index contributed by atoms with van der Waals surface area (Å²) < 4.78 is 11.2. The Balaban J connectivity index is 1.98. The molecule has 1 N–H and O–H groups in total. The van der Waals surface area contributed by atoms with Crippen LogP contribution in [-0.4, -0.2) is 30.5 Å². The van der Waals surface area contributed by atoms with Crippen molar-refractivity contribution in [2.45, 2.75) is 33.7 Å². The summed E-state index contributed by atoms with van der Waals surface area (Å²) in [5, 5.41) is 11.3. The van der Waals surface area contributed by atoms with Gasteiger partial charge in [-0.15, -0.1) is 0 Å². The Morgan fingerprint density at radius 2 is 1.54 bits per heavy atom. The zero-order valence-corrected chi connectivity index (χ0v) is 20.6. The molecule has 1 heterocycles. The molecule has 1 amide bonds. The molecule has 1 aliphatic rings. The molecule has 1 fully saturated rings. The molecule has 0 bridgehead atoms. The van der Waals surface area contributed by atoms with Crippen molar-refractivity contribution in [1.82, 2.24) is 0 Å². The molecule has 6 heteroatoms. The number of anilines is 1. The molecule has 3 aromatic carbocycles. The second-order valence-electron chi connectivity index (χ2n) is 8.72. The predicted molar refractivity (Wildman–Crippen MR) is 136 cm³/mol. The molecule has 0 saturated carbocycles. The Labute approximate surface area is 205 Å². The van der Waals surface area contributed by atoms with E-state index in [1.54, 1.807) is 37.4 Å². The number of nitrogens with zero attached hydrogens (tertiary/aromatic N) is 1. The summed E-state index contributed by atoms with van der Waals surface area (Å²) in [7, 11) is 1.55. The summed E-state index contributed by atoms with van der Waals surface area (Å²) in [5.74, 6) is -0.608. The van der Waals surface area contributed by atoms with Gasteiger partial charge in [0.15, 0.2) is 11.5 Å². The largest absolute Gasteiger partial charge is 0.507 e. The second-order valence-corrected chi connectivity index (χ2v) is 8.72. The number of benzene rings is 3. The number of ketones is 1. The predicted octanol–water partition coefficient (Wildman–Crippen LogP) is 5.65. The molecule has 6 nitrogen and oxygen atoms in total. The number of aliphatic hydroxyl groups excluding tert-OH is 1. The van der Waals surface area contributed by atoms with Crippen molar-refractivity contribution in [1.29, 1.82) is 0 Å². The first-order valence-corrected chi connectivity index (χ1v) is 11.5. The molecule has 35 heavy (non-hydrogen) atoms. The van der Waals surface area contributed by atoms with Gasteiger partial charge < -0.3 is 14.6 Å². The van der Waals surface area contributed by atoms with E-state index in [2.05, 4.69) is 0 Å². The fraction of sp³-hybridized carbons (Fsp3) is 0.241. The topological polar surface area (TPSA) is 76.1 Å². The van der Waals surface area contributed by atoms with Crippen LogP contribution in [0.15, 0.2) is 66.2 Å². The maximum absolute atomic E-state index is 13.4. The lowest BCUT2D eigenvalue weighted by molar-refractivity contribution is -0.132. The molecule has 0 spiro atoms. The van der Waals surface area contributed by atoms with Gasteiger partial charge in [0.25, 0.3) is 11.7 Å². The Kier molecular flexibility index (Phi) is 6.65. The first-order chi connectivity index (χ1) is 16.7. The lowest BCUT2D eigenvalue weighted by Crippen LogP contribution is -2.29. The number of ether oxygens (including phenoxy) is 2. The van der Waals surface area contributed by atoms with Crippen molar-refractivity contribution >= 4 is 23.1 Å². The summed E-state index contributed by atoms with van der Waals surface area (Å²) in [6.07, 6.45) is 0. The number of hydrogen-bond acceptors (Lipinski definition) is 5. The quantitative estimate of drug-likeness (QED) is 0.286. The number of aryl methyl sites for hydroxylation is 3. The monoisotopic (exact) mass is 471 g/mol. The molecular formula is C29H29NO5. The average Bonchev–Trinajstić information content (AvgIpc) is 3.09. The third-order valence-electron chi connectivity index (χ3n) is 6.06. The smallest absolute Gasteiger partial charge is 0.300 e. The Hall–Kier alpha value is -4.06. The molecule has 0 aliphatic carbocycles. The van der Waals surface area contributed by atoms with E-state index in [0.717, 1.165) is 16.7 Å². The van der Waals surface area contributed by atoms with Crippen LogP contribution in [0.25, 0.3) is 5.76 Å². The van der Waals surface area contributed by atoms with Crippen molar-refractivity contribution in [3.05, 3.63) is 94.1 Å². The number of amides is 1. The van der Waals surface area contributed by atoms with Crippen LogP contribution in [-0.2, 0) is 9.59 Å². The van der Waals surface area contributed by atoms with Crippen LogP contribution in [0, 0.1) is 20.8 Å². The summed E-state index contributed by atoms with van der Waals surface area (Å²) in [6, 6.07) is 17.4. The zero-order chi connectivity index (χ0) is 25.3.